The number of aliphatic carboxylic acids is 1. The number of carboxylic acids is 1. The summed E-state index contributed by atoms with van der Waals surface area (Å²) in [6, 6.07) is 4.20. The number of carboxylic acid groups (broad SMARTS) is 1. The molecule has 1 aromatic heterocycles. The van der Waals surface area contributed by atoms with Gasteiger partial charge in [-0.05, 0) is 29.9 Å². The summed E-state index contributed by atoms with van der Waals surface area (Å²) in [5.41, 5.74) is -1.89. The maximum Gasteiger partial charge on any atom is 0.335 e. The highest BCUT2D eigenvalue weighted by atomic mass is 33.1. The zero-order valence-electron chi connectivity index (χ0n) is 18.4. The topological polar surface area (TPSA) is 199 Å². The number of ether oxygens (including phenoxy) is 1. The molecular weight excluding hydrogens is 490 g/mol. The van der Waals surface area contributed by atoms with Crippen molar-refractivity contribution >= 4 is 39.4 Å². The molecule has 0 aromatic carbocycles. The van der Waals surface area contributed by atoms with E-state index in [0.29, 0.717) is 5.75 Å². The fraction of sp³-hybridized carbons (Fsp3) is 0.600. The number of nitrogens with zero attached hydrogens (tertiary/aromatic N) is 1. The lowest BCUT2D eigenvalue weighted by molar-refractivity contribution is -0.224. The Bertz CT molecular complexity index is 835. The normalized spacial score (nSPS) is 26.3. The van der Waals surface area contributed by atoms with Gasteiger partial charge in [-0.2, -0.15) is 0 Å². The van der Waals surface area contributed by atoms with Gasteiger partial charge >= 0.3 is 5.97 Å². The van der Waals surface area contributed by atoms with Crippen LogP contribution in [0, 0.1) is 0 Å². The molecule has 34 heavy (non-hydrogen) atoms. The highest BCUT2D eigenvalue weighted by Crippen LogP contribution is 2.32. The minimum atomic E-state index is -1.89. The molecule has 1 fully saturated rings. The van der Waals surface area contributed by atoms with Crippen molar-refractivity contribution in [1.82, 2.24) is 15.6 Å². The second kappa shape index (κ2) is 13.2. The molecule has 1 aliphatic heterocycles. The molecule has 14 heteroatoms. The van der Waals surface area contributed by atoms with Crippen LogP contribution in [0.15, 0.2) is 29.4 Å². The average molecular weight is 520 g/mol. The van der Waals surface area contributed by atoms with Gasteiger partial charge < -0.3 is 40.9 Å². The number of aliphatic hydroxyl groups excluding tert-OH is 4. The molecular formula is C20H29N3O9S2. The SMILES string of the molecule is CC1(C(=O)O)CC(O)C(NC(=O)CNC(=O)CCSSc2ccccn2)C(C(O)C(O)CO)O1. The first-order valence-electron chi connectivity index (χ1n) is 10.4. The van der Waals surface area contributed by atoms with Gasteiger partial charge in [-0.1, -0.05) is 16.9 Å². The van der Waals surface area contributed by atoms with Gasteiger partial charge in [-0.3, -0.25) is 9.59 Å². The molecule has 0 aliphatic carbocycles. The third-order valence-electron chi connectivity index (χ3n) is 5.10. The number of hydrogen-bond acceptors (Lipinski definition) is 11. The van der Waals surface area contributed by atoms with Gasteiger partial charge in [-0.15, -0.1) is 0 Å². The van der Waals surface area contributed by atoms with Crippen LogP contribution in [-0.2, 0) is 19.1 Å². The predicted molar refractivity (Wildman–Crippen MR) is 123 cm³/mol. The Hall–Kier alpha value is -1.94. The van der Waals surface area contributed by atoms with Crippen LogP contribution in [0.25, 0.3) is 0 Å². The van der Waals surface area contributed by atoms with E-state index < -0.39 is 67.5 Å². The largest absolute Gasteiger partial charge is 0.479 e. The summed E-state index contributed by atoms with van der Waals surface area (Å²) in [7, 11) is 2.85. The van der Waals surface area contributed by atoms with E-state index in [1.807, 2.05) is 12.1 Å². The van der Waals surface area contributed by atoms with Crippen LogP contribution >= 0.6 is 21.6 Å². The van der Waals surface area contributed by atoms with Crippen molar-refractivity contribution in [2.45, 2.75) is 60.9 Å². The Kier molecular flexibility index (Phi) is 11.0. The Labute approximate surface area is 203 Å². The first kappa shape index (κ1) is 28.3. The number of pyridine rings is 1. The van der Waals surface area contributed by atoms with Crippen LogP contribution < -0.4 is 10.6 Å². The third-order valence-corrected chi connectivity index (χ3v) is 7.37. The van der Waals surface area contributed by atoms with E-state index in [0.717, 1.165) is 5.03 Å². The number of carbonyl (C=O) groups is 3. The van der Waals surface area contributed by atoms with E-state index in [1.54, 1.807) is 12.3 Å². The van der Waals surface area contributed by atoms with Crippen LogP contribution in [0.3, 0.4) is 0 Å². The number of aliphatic hydroxyl groups is 4. The van der Waals surface area contributed by atoms with E-state index in [2.05, 4.69) is 15.6 Å². The van der Waals surface area contributed by atoms with Crippen molar-refractivity contribution in [3.63, 3.8) is 0 Å². The molecule has 2 heterocycles. The summed E-state index contributed by atoms with van der Waals surface area (Å²) in [6.45, 7) is -0.0953. The summed E-state index contributed by atoms with van der Waals surface area (Å²) >= 11 is 0. The number of hydrogen-bond donors (Lipinski definition) is 7. The maximum absolute atomic E-state index is 12.4. The van der Waals surface area contributed by atoms with Gasteiger partial charge in [0.25, 0.3) is 0 Å². The number of amides is 2. The number of carbonyl (C=O) groups excluding carboxylic acids is 2. The molecule has 1 saturated heterocycles. The van der Waals surface area contributed by atoms with Crippen molar-refractivity contribution in [1.29, 1.82) is 0 Å². The maximum atomic E-state index is 12.4. The molecule has 0 bridgehead atoms. The standard InChI is InChI=1S/C20H29N3O9S2/c1-20(19(30)31)8-11(25)16(18(32-20)17(29)12(26)10-24)23-14(28)9-22-13(27)5-7-33-34-15-4-2-3-6-21-15/h2-4,6,11-12,16-18,24-26,29H,5,7-10H2,1H3,(H,22,27)(H,23,28)(H,30,31). The van der Waals surface area contributed by atoms with Crippen LogP contribution in [0.4, 0.5) is 0 Å². The lowest BCUT2D eigenvalue weighted by Gasteiger charge is -2.45. The van der Waals surface area contributed by atoms with E-state index in [-0.39, 0.29) is 12.3 Å². The van der Waals surface area contributed by atoms with Gasteiger partial charge in [0, 0.05) is 24.8 Å². The van der Waals surface area contributed by atoms with Gasteiger partial charge in [0.2, 0.25) is 11.8 Å². The van der Waals surface area contributed by atoms with E-state index in [9.17, 15) is 34.8 Å². The fourth-order valence-electron chi connectivity index (χ4n) is 3.23. The molecule has 1 aliphatic rings. The van der Waals surface area contributed by atoms with Crippen molar-refractivity contribution < 1.29 is 44.7 Å². The zero-order chi connectivity index (χ0) is 25.3. The highest BCUT2D eigenvalue weighted by molar-refractivity contribution is 8.76. The van der Waals surface area contributed by atoms with Crippen LogP contribution in [0.1, 0.15) is 19.8 Å². The van der Waals surface area contributed by atoms with Gasteiger partial charge in [0.15, 0.2) is 5.60 Å². The Morgan fingerprint density at radius 1 is 1.29 bits per heavy atom. The second-order valence-corrected chi connectivity index (χ2v) is 10.3. The quantitative estimate of drug-likeness (QED) is 0.125. The van der Waals surface area contributed by atoms with E-state index >= 15 is 0 Å². The van der Waals surface area contributed by atoms with Gasteiger partial charge in [-0.25, -0.2) is 9.78 Å². The predicted octanol–water partition coefficient (Wildman–Crippen LogP) is -1.48. The molecule has 2 rings (SSSR count). The summed E-state index contributed by atoms with van der Waals surface area (Å²) in [5, 5.41) is 54.8. The van der Waals surface area contributed by atoms with Gasteiger partial charge in [0.05, 0.1) is 25.3 Å². The highest BCUT2D eigenvalue weighted by Gasteiger charge is 2.52. The Morgan fingerprint density at radius 3 is 2.65 bits per heavy atom. The van der Waals surface area contributed by atoms with E-state index in [1.165, 1.54) is 28.5 Å². The van der Waals surface area contributed by atoms with Crippen molar-refractivity contribution in [2.75, 3.05) is 18.9 Å². The van der Waals surface area contributed by atoms with Crippen LogP contribution in [0.2, 0.25) is 0 Å². The van der Waals surface area contributed by atoms with Crippen molar-refractivity contribution in [2.24, 2.45) is 0 Å². The lowest BCUT2D eigenvalue weighted by Crippen LogP contribution is -2.67. The third kappa shape index (κ3) is 8.08. The number of nitrogens with one attached hydrogen (secondary N) is 2. The summed E-state index contributed by atoms with van der Waals surface area (Å²) in [5.74, 6) is -2.02. The first-order valence-corrected chi connectivity index (χ1v) is 12.7. The Balaban J connectivity index is 1.86. The smallest absolute Gasteiger partial charge is 0.335 e. The van der Waals surface area contributed by atoms with E-state index in [4.69, 9.17) is 9.84 Å². The molecule has 1 aromatic rings. The molecule has 0 spiro atoms. The first-order chi connectivity index (χ1) is 16.1. The van der Waals surface area contributed by atoms with Crippen LogP contribution in [-0.4, -0.2) is 103 Å². The minimum absolute atomic E-state index is 0.147. The zero-order valence-corrected chi connectivity index (χ0v) is 20.0. The molecule has 0 radical (unpaired) electrons. The molecule has 6 atom stereocenters. The molecule has 7 N–H and O–H groups in total. The monoisotopic (exact) mass is 519 g/mol. The molecule has 190 valence electrons. The summed E-state index contributed by atoms with van der Waals surface area (Å²) < 4.78 is 5.44. The summed E-state index contributed by atoms with van der Waals surface area (Å²) in [4.78, 5) is 40.1. The summed E-state index contributed by atoms with van der Waals surface area (Å²) in [6.07, 6.45) is -5.07. The molecule has 2 amide bonds. The minimum Gasteiger partial charge on any atom is -0.479 e. The number of rotatable bonds is 12. The lowest BCUT2D eigenvalue weighted by atomic mass is 9.84. The number of aromatic nitrogens is 1. The van der Waals surface area contributed by atoms with Crippen molar-refractivity contribution in [3.05, 3.63) is 24.4 Å². The molecule has 12 nitrogen and oxygen atoms in total. The fourth-order valence-corrected chi connectivity index (χ4v) is 5.10. The molecule has 6 unspecified atom stereocenters. The van der Waals surface area contributed by atoms with Crippen LogP contribution in [0.5, 0.6) is 0 Å². The average Bonchev–Trinajstić information content (AvgIpc) is 2.81. The Morgan fingerprint density at radius 2 is 2.03 bits per heavy atom. The molecule has 0 saturated carbocycles. The second-order valence-electron chi connectivity index (χ2n) is 7.82. The van der Waals surface area contributed by atoms with Gasteiger partial charge in [0.1, 0.15) is 23.3 Å². The van der Waals surface area contributed by atoms with Crippen molar-refractivity contribution in [3.8, 4) is 0 Å².